The average molecular weight is 517 g/mol. The molecule has 7 nitrogen and oxygen atoms in total. The number of thiazole rings is 1. The zero-order chi connectivity index (χ0) is 25.7. The lowest BCUT2D eigenvalue weighted by Gasteiger charge is -2.32. The third kappa shape index (κ3) is 6.27. The van der Waals surface area contributed by atoms with Crippen molar-refractivity contribution in [3.05, 3.63) is 83.3 Å². The number of nitrogens with zero attached hydrogens (tertiary/aromatic N) is 4. The quantitative estimate of drug-likeness (QED) is 0.437. The molecule has 1 fully saturated rings. The zero-order valence-corrected chi connectivity index (χ0v) is 22.5. The molecule has 8 heteroatoms. The number of nitrogens with one attached hydrogen (secondary N) is 1. The molecule has 1 atom stereocenters. The van der Waals surface area contributed by atoms with Crippen LogP contribution in [0.1, 0.15) is 24.0 Å². The molecule has 1 aliphatic heterocycles. The third-order valence-electron chi connectivity index (χ3n) is 6.98. The van der Waals surface area contributed by atoms with Crippen molar-refractivity contribution in [1.82, 2.24) is 25.1 Å². The molecule has 1 aliphatic carbocycles. The van der Waals surface area contributed by atoms with Crippen LogP contribution in [0.3, 0.4) is 0 Å². The second kappa shape index (κ2) is 11.6. The molecule has 2 aromatic heterocycles. The highest BCUT2D eigenvalue weighted by molar-refractivity contribution is 7.14. The number of hydrogen-bond donors (Lipinski definition) is 2. The van der Waals surface area contributed by atoms with Gasteiger partial charge in [-0.25, -0.2) is 4.98 Å². The summed E-state index contributed by atoms with van der Waals surface area (Å²) < 4.78 is 6.36. The number of nitrogens with two attached hydrogens (primary N) is 1. The van der Waals surface area contributed by atoms with Crippen molar-refractivity contribution in [1.29, 1.82) is 0 Å². The molecule has 1 unspecified atom stereocenters. The highest BCUT2D eigenvalue weighted by Gasteiger charge is 2.28. The maximum atomic E-state index is 6.81. The van der Waals surface area contributed by atoms with E-state index in [0.29, 0.717) is 12.2 Å². The molecule has 194 valence electrons. The summed E-state index contributed by atoms with van der Waals surface area (Å²) in [5, 5.41) is 5.39. The van der Waals surface area contributed by atoms with Crippen LogP contribution in [-0.2, 0) is 12.0 Å². The zero-order valence-electron chi connectivity index (χ0n) is 21.7. The molecule has 1 saturated heterocycles. The van der Waals surface area contributed by atoms with Crippen molar-refractivity contribution in [3.8, 4) is 22.1 Å². The summed E-state index contributed by atoms with van der Waals surface area (Å²) in [7, 11) is 2.19. The van der Waals surface area contributed by atoms with Gasteiger partial charge in [-0.05, 0) is 32.0 Å². The topological polar surface area (TPSA) is 79.5 Å². The number of hydrogen-bond acceptors (Lipinski definition) is 8. The molecule has 3 heterocycles. The Balaban J connectivity index is 1.23. The molecule has 5 rings (SSSR count). The number of aromatic nitrogens is 2. The van der Waals surface area contributed by atoms with Gasteiger partial charge in [0, 0.05) is 62.8 Å². The van der Waals surface area contributed by atoms with Gasteiger partial charge in [-0.3, -0.25) is 9.88 Å². The molecule has 3 N–H and O–H groups in total. The summed E-state index contributed by atoms with van der Waals surface area (Å²) >= 11 is 1.59. The van der Waals surface area contributed by atoms with E-state index < -0.39 is 5.54 Å². The van der Waals surface area contributed by atoms with Gasteiger partial charge in [0.15, 0.2) is 0 Å². The molecular weight excluding hydrogens is 480 g/mol. The maximum Gasteiger partial charge on any atom is 0.208 e. The Kier molecular flexibility index (Phi) is 8.00. The number of rotatable bonds is 9. The highest BCUT2D eigenvalue weighted by Crippen LogP contribution is 2.39. The highest BCUT2D eigenvalue weighted by atomic mass is 32.1. The SMILES string of the molecule is CCc1nc(-c2ccccc2)c(Oc2ccnc(C3(N)C=CC(NCCN4CCN(C)CC4)=CC3)c2)s1. The van der Waals surface area contributed by atoms with Crippen molar-refractivity contribution in [3.63, 3.8) is 0 Å². The van der Waals surface area contributed by atoms with E-state index in [4.69, 9.17) is 15.5 Å². The molecule has 0 radical (unpaired) electrons. The van der Waals surface area contributed by atoms with Gasteiger partial charge in [-0.15, -0.1) is 0 Å². The molecule has 1 aromatic carbocycles. The number of allylic oxidation sites excluding steroid dienone is 1. The fourth-order valence-electron chi connectivity index (χ4n) is 4.59. The lowest BCUT2D eigenvalue weighted by atomic mass is 9.87. The van der Waals surface area contributed by atoms with Crippen LogP contribution in [0, 0.1) is 0 Å². The minimum absolute atomic E-state index is 0.673. The van der Waals surface area contributed by atoms with Crippen molar-refractivity contribution < 1.29 is 4.74 Å². The Labute approximate surface area is 223 Å². The Bertz CT molecular complexity index is 1250. The van der Waals surface area contributed by atoms with E-state index in [2.05, 4.69) is 64.4 Å². The molecular formula is C29H36N6OS. The normalized spacial score (nSPS) is 20.6. The summed E-state index contributed by atoms with van der Waals surface area (Å²) in [6, 6.07) is 14.0. The van der Waals surface area contributed by atoms with Gasteiger partial charge >= 0.3 is 0 Å². The second-order valence-electron chi connectivity index (χ2n) is 9.75. The fourth-order valence-corrected chi connectivity index (χ4v) is 5.48. The van der Waals surface area contributed by atoms with Crippen LogP contribution < -0.4 is 15.8 Å². The molecule has 3 aromatic rings. The second-order valence-corrected chi connectivity index (χ2v) is 10.8. The number of aryl methyl sites for hydroxylation is 1. The van der Waals surface area contributed by atoms with Crippen LogP contribution in [0.15, 0.2) is 72.6 Å². The summed E-state index contributed by atoms with van der Waals surface area (Å²) in [4.78, 5) is 14.3. The van der Waals surface area contributed by atoms with Crippen molar-refractivity contribution in [2.24, 2.45) is 5.73 Å². The van der Waals surface area contributed by atoms with E-state index >= 15 is 0 Å². The van der Waals surface area contributed by atoms with Crippen LogP contribution >= 0.6 is 11.3 Å². The van der Waals surface area contributed by atoms with E-state index in [9.17, 15) is 0 Å². The molecule has 37 heavy (non-hydrogen) atoms. The minimum Gasteiger partial charge on any atom is -0.444 e. The number of pyridine rings is 1. The minimum atomic E-state index is -0.674. The largest absolute Gasteiger partial charge is 0.444 e. The number of likely N-dealkylation sites (N-methyl/N-ethyl adjacent to an activating group) is 1. The van der Waals surface area contributed by atoms with Gasteiger partial charge in [0.05, 0.1) is 16.2 Å². The first-order valence-corrected chi connectivity index (χ1v) is 13.9. The van der Waals surface area contributed by atoms with Gasteiger partial charge in [-0.1, -0.05) is 60.7 Å². The van der Waals surface area contributed by atoms with Gasteiger partial charge in [0.1, 0.15) is 11.4 Å². The summed E-state index contributed by atoms with van der Waals surface area (Å²) in [5.41, 5.74) is 9.96. The monoisotopic (exact) mass is 516 g/mol. The standard InChI is InChI=1S/C29H36N6OS/c1-3-26-33-27(22-7-5-4-6-8-22)28(37-26)36-24-11-14-32-25(21-24)29(30)12-9-23(10-13-29)31-15-16-35-19-17-34(2)18-20-35/h4-12,14,21,31H,3,13,15-20,30H2,1-2H3. The van der Waals surface area contributed by atoms with E-state index in [-0.39, 0.29) is 0 Å². The predicted octanol–water partition coefficient (Wildman–Crippen LogP) is 4.39. The van der Waals surface area contributed by atoms with Gasteiger partial charge in [0.2, 0.25) is 5.06 Å². The van der Waals surface area contributed by atoms with Crippen LogP contribution in [0.5, 0.6) is 10.8 Å². The summed E-state index contributed by atoms with van der Waals surface area (Å²) in [6.45, 7) is 8.65. The Morgan fingerprint density at radius 3 is 2.68 bits per heavy atom. The first-order valence-electron chi connectivity index (χ1n) is 13.0. The molecule has 0 spiro atoms. The van der Waals surface area contributed by atoms with Crippen molar-refractivity contribution in [2.75, 3.05) is 46.3 Å². The van der Waals surface area contributed by atoms with Crippen LogP contribution in [0.2, 0.25) is 0 Å². The van der Waals surface area contributed by atoms with E-state index in [1.165, 1.54) is 0 Å². The number of benzene rings is 1. The van der Waals surface area contributed by atoms with Crippen LogP contribution in [0.4, 0.5) is 0 Å². The first kappa shape index (κ1) is 25.6. The van der Waals surface area contributed by atoms with E-state index in [1.54, 1.807) is 17.5 Å². The summed E-state index contributed by atoms with van der Waals surface area (Å²) in [5.74, 6) is 0.715. The molecule has 2 aliphatic rings. The van der Waals surface area contributed by atoms with Gasteiger partial charge in [0.25, 0.3) is 0 Å². The maximum absolute atomic E-state index is 6.81. The van der Waals surface area contributed by atoms with Gasteiger partial charge < -0.3 is 20.7 Å². The van der Waals surface area contributed by atoms with E-state index in [0.717, 1.165) is 78.4 Å². The Morgan fingerprint density at radius 1 is 1.14 bits per heavy atom. The molecule has 0 bridgehead atoms. The van der Waals surface area contributed by atoms with Crippen LogP contribution in [-0.4, -0.2) is 66.1 Å². The Morgan fingerprint density at radius 2 is 1.95 bits per heavy atom. The Hall–Kier alpha value is -3.04. The average Bonchev–Trinajstić information content (AvgIpc) is 3.34. The summed E-state index contributed by atoms with van der Waals surface area (Å²) in [6.07, 6.45) is 9.60. The number of piperazine rings is 1. The smallest absolute Gasteiger partial charge is 0.208 e. The van der Waals surface area contributed by atoms with Crippen molar-refractivity contribution >= 4 is 11.3 Å². The first-order chi connectivity index (χ1) is 18.0. The fraction of sp³-hybridized carbons (Fsp3) is 0.379. The van der Waals surface area contributed by atoms with Crippen LogP contribution in [0.25, 0.3) is 11.3 Å². The lowest BCUT2D eigenvalue weighted by molar-refractivity contribution is 0.155. The lowest BCUT2D eigenvalue weighted by Crippen LogP contribution is -2.46. The number of ether oxygens (including phenoxy) is 1. The van der Waals surface area contributed by atoms with Crippen molar-refractivity contribution in [2.45, 2.75) is 25.3 Å². The molecule has 0 amide bonds. The third-order valence-corrected chi connectivity index (χ3v) is 8.06. The van der Waals surface area contributed by atoms with Gasteiger partial charge in [-0.2, -0.15) is 0 Å². The predicted molar refractivity (Wildman–Crippen MR) is 151 cm³/mol. The molecule has 0 saturated carbocycles. The van der Waals surface area contributed by atoms with E-state index in [1.807, 2.05) is 30.3 Å².